The second-order valence-corrected chi connectivity index (χ2v) is 7.48. The maximum Gasteiger partial charge on any atom is 0.247 e. The number of rotatable bonds is 3. The lowest BCUT2D eigenvalue weighted by Gasteiger charge is -2.19. The van der Waals surface area contributed by atoms with E-state index in [-0.39, 0.29) is 5.91 Å². The first-order valence-corrected chi connectivity index (χ1v) is 8.37. The van der Waals surface area contributed by atoms with Crippen LogP contribution < -0.4 is 4.90 Å². The summed E-state index contributed by atoms with van der Waals surface area (Å²) >= 11 is 0. The molecule has 1 amide bonds. The van der Waals surface area contributed by atoms with E-state index >= 15 is 0 Å². The van der Waals surface area contributed by atoms with Crippen molar-refractivity contribution in [3.8, 4) is 11.5 Å². The van der Waals surface area contributed by atoms with Gasteiger partial charge in [-0.05, 0) is 57.2 Å². The molecule has 1 aromatic heterocycles. The second kappa shape index (κ2) is 4.22. The molecule has 2 fully saturated rings. The van der Waals surface area contributed by atoms with Crippen molar-refractivity contribution >= 4 is 11.6 Å². The normalized spacial score (nSPS) is 22.5. The molecule has 5 nitrogen and oxygen atoms in total. The molecule has 3 aliphatic rings. The van der Waals surface area contributed by atoms with Gasteiger partial charge in [0.05, 0.1) is 5.41 Å². The maximum atomic E-state index is 12.8. The summed E-state index contributed by atoms with van der Waals surface area (Å²) in [5.41, 5.74) is 2.57. The number of hydrogen-bond donors (Lipinski definition) is 0. The number of fused-ring (bicyclic) bond motifs is 1. The fourth-order valence-electron chi connectivity index (χ4n) is 3.46. The fraction of sp³-hybridized carbons (Fsp3) is 0.500. The van der Waals surface area contributed by atoms with E-state index in [0.717, 1.165) is 48.4 Å². The van der Waals surface area contributed by atoms with Gasteiger partial charge in [0.25, 0.3) is 0 Å². The molecule has 2 aromatic rings. The Morgan fingerprint density at radius 3 is 2.65 bits per heavy atom. The highest BCUT2D eigenvalue weighted by Gasteiger charge is 2.49. The topological polar surface area (TPSA) is 59.2 Å². The fourth-order valence-corrected chi connectivity index (χ4v) is 3.46. The lowest BCUT2D eigenvalue weighted by atomic mass is 9.86. The predicted octanol–water partition coefficient (Wildman–Crippen LogP) is 3.40. The quantitative estimate of drug-likeness (QED) is 0.872. The molecule has 23 heavy (non-hydrogen) atoms. The van der Waals surface area contributed by atoms with Gasteiger partial charge >= 0.3 is 0 Å². The number of benzene rings is 1. The number of aromatic nitrogens is 2. The summed E-state index contributed by atoms with van der Waals surface area (Å²) in [7, 11) is 0. The van der Waals surface area contributed by atoms with Gasteiger partial charge in [-0.15, -0.1) is 10.2 Å². The minimum absolute atomic E-state index is 0.205. The average Bonchev–Trinajstić information content (AvgIpc) is 3.46. The van der Waals surface area contributed by atoms with E-state index in [9.17, 15) is 4.79 Å². The van der Waals surface area contributed by atoms with E-state index < -0.39 is 5.41 Å². The largest absolute Gasteiger partial charge is 0.420 e. The van der Waals surface area contributed by atoms with Crippen molar-refractivity contribution in [1.29, 1.82) is 0 Å². The van der Waals surface area contributed by atoms with Crippen LogP contribution in [-0.4, -0.2) is 22.1 Å². The average molecular weight is 309 g/mol. The molecule has 0 saturated heterocycles. The van der Waals surface area contributed by atoms with E-state index in [0.29, 0.717) is 17.9 Å². The van der Waals surface area contributed by atoms with Crippen LogP contribution >= 0.6 is 0 Å². The molecule has 0 atom stereocenters. The summed E-state index contributed by atoms with van der Waals surface area (Å²) in [5.74, 6) is 1.96. The van der Waals surface area contributed by atoms with Gasteiger partial charge in [-0.25, -0.2) is 0 Å². The number of anilines is 1. The molecule has 118 valence electrons. The molecule has 0 bridgehead atoms. The van der Waals surface area contributed by atoms with Gasteiger partial charge in [-0.1, -0.05) is 6.07 Å². The maximum absolute atomic E-state index is 12.8. The molecule has 5 rings (SSSR count). The van der Waals surface area contributed by atoms with Crippen LogP contribution in [-0.2, 0) is 10.2 Å². The van der Waals surface area contributed by atoms with Gasteiger partial charge in [0.15, 0.2) is 0 Å². The lowest BCUT2D eigenvalue weighted by Crippen LogP contribution is -2.37. The first-order valence-electron chi connectivity index (χ1n) is 8.37. The monoisotopic (exact) mass is 309 g/mol. The molecule has 2 saturated carbocycles. The zero-order chi connectivity index (χ0) is 15.8. The van der Waals surface area contributed by atoms with Crippen LogP contribution in [0.4, 0.5) is 5.69 Å². The third-order valence-electron chi connectivity index (χ3n) is 5.21. The Morgan fingerprint density at radius 1 is 1.17 bits per heavy atom. The number of carbonyl (C=O) groups excluding carboxylic acids is 1. The molecule has 2 heterocycles. The summed E-state index contributed by atoms with van der Waals surface area (Å²) in [6.45, 7) is 4.02. The SMILES string of the molecule is CC1(C)C(=O)N(C2CC2)c2cc(-c3nnc(C4CC4)o3)ccc21. The van der Waals surface area contributed by atoms with Crippen LogP contribution in [0.5, 0.6) is 0 Å². The zero-order valence-electron chi connectivity index (χ0n) is 13.4. The molecule has 1 aliphatic heterocycles. The number of nitrogens with zero attached hydrogens (tertiary/aromatic N) is 3. The van der Waals surface area contributed by atoms with Crippen molar-refractivity contribution in [1.82, 2.24) is 10.2 Å². The highest BCUT2D eigenvalue weighted by atomic mass is 16.4. The van der Waals surface area contributed by atoms with Crippen molar-refractivity contribution < 1.29 is 9.21 Å². The minimum Gasteiger partial charge on any atom is -0.420 e. The summed E-state index contributed by atoms with van der Waals surface area (Å²) in [6.07, 6.45) is 4.48. The molecule has 0 unspecified atom stereocenters. The second-order valence-electron chi connectivity index (χ2n) is 7.48. The molecule has 5 heteroatoms. The Labute approximate surface area is 134 Å². The number of carbonyl (C=O) groups is 1. The van der Waals surface area contributed by atoms with Crippen molar-refractivity contribution in [2.24, 2.45) is 0 Å². The Bertz CT molecular complexity index is 815. The molecule has 0 spiro atoms. The van der Waals surface area contributed by atoms with Crippen molar-refractivity contribution in [2.45, 2.75) is 56.9 Å². The van der Waals surface area contributed by atoms with Crippen molar-refractivity contribution in [3.05, 3.63) is 29.7 Å². The Hall–Kier alpha value is -2.17. The Morgan fingerprint density at radius 2 is 1.96 bits per heavy atom. The molecule has 0 N–H and O–H groups in total. The molecule has 2 aliphatic carbocycles. The van der Waals surface area contributed by atoms with Gasteiger partial charge in [0, 0.05) is 23.2 Å². The molecule has 0 radical (unpaired) electrons. The third kappa shape index (κ3) is 1.89. The first kappa shape index (κ1) is 13.3. The summed E-state index contributed by atoms with van der Waals surface area (Å²) in [6, 6.07) is 6.45. The summed E-state index contributed by atoms with van der Waals surface area (Å²) < 4.78 is 5.82. The Balaban J connectivity index is 1.59. The van der Waals surface area contributed by atoms with Gasteiger partial charge in [-0.3, -0.25) is 4.79 Å². The van der Waals surface area contributed by atoms with Crippen molar-refractivity contribution in [2.75, 3.05) is 4.90 Å². The van der Waals surface area contributed by atoms with Gasteiger partial charge in [0.1, 0.15) is 0 Å². The molecule has 1 aromatic carbocycles. The standard InChI is InChI=1S/C18H19N3O2/c1-18(2)13-8-5-11(16-20-19-15(23-16)10-3-4-10)9-14(13)21(17(18)22)12-6-7-12/h5,8-10,12H,3-4,6-7H2,1-2H3. The first-order chi connectivity index (χ1) is 11.1. The minimum atomic E-state index is -0.454. The highest BCUT2D eigenvalue weighted by Crippen LogP contribution is 2.48. The van der Waals surface area contributed by atoms with Crippen LogP contribution in [0.2, 0.25) is 0 Å². The smallest absolute Gasteiger partial charge is 0.247 e. The lowest BCUT2D eigenvalue weighted by molar-refractivity contribution is -0.122. The third-order valence-corrected chi connectivity index (χ3v) is 5.21. The van der Waals surface area contributed by atoms with Gasteiger partial charge in [0.2, 0.25) is 17.7 Å². The van der Waals surface area contributed by atoms with E-state index in [2.05, 4.69) is 10.2 Å². The van der Waals surface area contributed by atoms with Gasteiger partial charge < -0.3 is 9.32 Å². The predicted molar refractivity (Wildman–Crippen MR) is 85.2 cm³/mol. The molecular weight excluding hydrogens is 290 g/mol. The van der Waals surface area contributed by atoms with E-state index in [1.165, 1.54) is 0 Å². The highest BCUT2D eigenvalue weighted by molar-refractivity contribution is 6.08. The van der Waals surface area contributed by atoms with Crippen LogP contribution in [0, 0.1) is 0 Å². The van der Waals surface area contributed by atoms with Crippen LogP contribution in [0.3, 0.4) is 0 Å². The van der Waals surface area contributed by atoms with Crippen LogP contribution in [0.25, 0.3) is 11.5 Å². The molecular formula is C18H19N3O2. The Kier molecular flexibility index (Phi) is 2.44. The van der Waals surface area contributed by atoms with Crippen molar-refractivity contribution in [3.63, 3.8) is 0 Å². The van der Waals surface area contributed by atoms with Gasteiger partial charge in [-0.2, -0.15) is 0 Å². The summed E-state index contributed by atoms with van der Waals surface area (Å²) in [4.78, 5) is 14.8. The number of hydrogen-bond acceptors (Lipinski definition) is 4. The van der Waals surface area contributed by atoms with E-state index in [4.69, 9.17) is 4.42 Å². The summed E-state index contributed by atoms with van der Waals surface area (Å²) in [5, 5.41) is 8.35. The van der Waals surface area contributed by atoms with Crippen LogP contribution in [0.15, 0.2) is 22.6 Å². The van der Waals surface area contributed by atoms with E-state index in [1.54, 1.807) is 0 Å². The van der Waals surface area contributed by atoms with E-state index in [1.807, 2.05) is 36.9 Å². The van der Waals surface area contributed by atoms with Crippen LogP contribution in [0.1, 0.15) is 56.9 Å². The zero-order valence-corrected chi connectivity index (χ0v) is 13.4. The number of amides is 1.